The number of hydrogen-bond donors (Lipinski definition) is 4. The number of ether oxygens (including phenoxy) is 1. The molecule has 4 unspecified atom stereocenters. The van der Waals surface area contributed by atoms with Gasteiger partial charge in [0.15, 0.2) is 6.23 Å². The summed E-state index contributed by atoms with van der Waals surface area (Å²) in [5.41, 5.74) is 1.08. The highest BCUT2D eigenvalue weighted by Gasteiger charge is 2.45. The van der Waals surface area contributed by atoms with Crippen molar-refractivity contribution in [1.82, 2.24) is 14.1 Å². The molecule has 0 spiro atoms. The topological polar surface area (TPSA) is 173 Å². The first-order chi connectivity index (χ1) is 16.6. The van der Waals surface area contributed by atoms with Crippen LogP contribution < -0.4 is 11.2 Å². The average molecular weight is 505 g/mol. The summed E-state index contributed by atoms with van der Waals surface area (Å²) in [7, 11) is -4.84. The second-order valence-electron chi connectivity index (χ2n) is 8.08. The monoisotopic (exact) mass is 505 g/mol. The highest BCUT2D eigenvalue weighted by atomic mass is 31.2. The molecule has 0 saturated carbocycles. The molecule has 0 aliphatic carbocycles. The lowest BCUT2D eigenvalue weighted by Crippen LogP contribution is -2.43. The van der Waals surface area contributed by atoms with Gasteiger partial charge < -0.3 is 24.7 Å². The van der Waals surface area contributed by atoms with Gasteiger partial charge in [-0.1, -0.05) is 30.3 Å². The van der Waals surface area contributed by atoms with Crippen molar-refractivity contribution >= 4 is 7.82 Å². The second kappa shape index (κ2) is 10.3. The molecule has 4 rings (SSSR count). The van der Waals surface area contributed by atoms with Gasteiger partial charge in [-0.15, -0.1) is 0 Å². The SMILES string of the molecule is O=c1ccn(C2OC(COP(=O)(O)O)C(O)C2O)c(=O)n1Cc1cc(Cc2ccccc2)ccn1. The van der Waals surface area contributed by atoms with Crippen molar-refractivity contribution in [1.29, 1.82) is 0 Å². The summed E-state index contributed by atoms with van der Waals surface area (Å²) in [6.07, 6.45) is -2.58. The number of aliphatic hydroxyl groups is 2. The minimum Gasteiger partial charge on any atom is -0.387 e. The molecule has 0 amide bonds. The molecule has 4 atom stereocenters. The van der Waals surface area contributed by atoms with Crippen LogP contribution in [0.2, 0.25) is 0 Å². The van der Waals surface area contributed by atoms with Crippen LogP contribution in [0.1, 0.15) is 23.0 Å². The lowest BCUT2D eigenvalue weighted by molar-refractivity contribution is -0.0548. The van der Waals surface area contributed by atoms with E-state index in [1.54, 1.807) is 12.3 Å². The fourth-order valence-electron chi connectivity index (χ4n) is 3.86. The van der Waals surface area contributed by atoms with E-state index in [1.165, 1.54) is 0 Å². The summed E-state index contributed by atoms with van der Waals surface area (Å²) in [6.45, 7) is -0.858. The zero-order valence-corrected chi connectivity index (χ0v) is 19.2. The van der Waals surface area contributed by atoms with E-state index in [-0.39, 0.29) is 6.54 Å². The Labute approximate surface area is 198 Å². The molecular formula is C22H24N3O9P. The molecule has 35 heavy (non-hydrogen) atoms. The Morgan fingerprint density at radius 2 is 1.77 bits per heavy atom. The Hall–Kier alpha value is -2.96. The number of benzene rings is 1. The number of rotatable bonds is 8. The minimum absolute atomic E-state index is 0.142. The van der Waals surface area contributed by atoms with Crippen molar-refractivity contribution in [3.63, 3.8) is 0 Å². The molecule has 0 radical (unpaired) electrons. The number of hydrogen-bond acceptors (Lipinski definition) is 8. The third-order valence-corrected chi connectivity index (χ3v) is 6.05. The Morgan fingerprint density at radius 3 is 2.49 bits per heavy atom. The van der Waals surface area contributed by atoms with E-state index >= 15 is 0 Å². The maximum Gasteiger partial charge on any atom is 0.469 e. The quantitative estimate of drug-likeness (QED) is 0.300. The Kier molecular flexibility index (Phi) is 7.43. The number of nitrogens with zero attached hydrogens (tertiary/aromatic N) is 3. The first-order valence-corrected chi connectivity index (χ1v) is 12.2. The molecule has 1 aliphatic rings. The largest absolute Gasteiger partial charge is 0.469 e. The Bertz CT molecular complexity index is 1340. The van der Waals surface area contributed by atoms with Crippen molar-refractivity contribution in [3.05, 3.63) is 98.6 Å². The van der Waals surface area contributed by atoms with E-state index in [4.69, 9.17) is 14.5 Å². The fourth-order valence-corrected chi connectivity index (χ4v) is 4.20. The third kappa shape index (κ3) is 6.00. The molecule has 0 bridgehead atoms. The molecule has 1 aromatic carbocycles. The number of phosphoric ester groups is 1. The highest BCUT2D eigenvalue weighted by Crippen LogP contribution is 2.38. The number of aromatic nitrogens is 3. The van der Waals surface area contributed by atoms with Crippen molar-refractivity contribution < 1.29 is 33.8 Å². The van der Waals surface area contributed by atoms with E-state index in [1.807, 2.05) is 36.4 Å². The molecule has 186 valence electrons. The van der Waals surface area contributed by atoms with Crippen LogP contribution in [-0.2, 0) is 26.8 Å². The van der Waals surface area contributed by atoms with Gasteiger partial charge in [-0.3, -0.25) is 23.4 Å². The van der Waals surface area contributed by atoms with Gasteiger partial charge in [0.2, 0.25) is 0 Å². The lowest BCUT2D eigenvalue weighted by atomic mass is 10.1. The predicted octanol–water partition coefficient (Wildman–Crippen LogP) is -0.227. The molecule has 13 heteroatoms. The molecule has 1 aliphatic heterocycles. The molecule has 3 aromatic rings. The molecule has 12 nitrogen and oxygen atoms in total. The van der Waals surface area contributed by atoms with Crippen LogP contribution in [0, 0.1) is 0 Å². The smallest absolute Gasteiger partial charge is 0.387 e. The first-order valence-electron chi connectivity index (χ1n) is 10.6. The van der Waals surface area contributed by atoms with Crippen LogP contribution in [0.5, 0.6) is 0 Å². The zero-order chi connectivity index (χ0) is 25.2. The molecule has 1 saturated heterocycles. The van der Waals surface area contributed by atoms with Crippen LogP contribution in [0.15, 0.2) is 70.5 Å². The van der Waals surface area contributed by atoms with Crippen molar-refractivity contribution in [2.24, 2.45) is 0 Å². The van der Waals surface area contributed by atoms with Gasteiger partial charge in [-0.25, -0.2) is 9.36 Å². The summed E-state index contributed by atoms with van der Waals surface area (Å²) >= 11 is 0. The van der Waals surface area contributed by atoms with Gasteiger partial charge in [0, 0.05) is 18.5 Å². The predicted molar refractivity (Wildman–Crippen MR) is 121 cm³/mol. The van der Waals surface area contributed by atoms with Crippen LogP contribution in [-0.4, -0.2) is 59.0 Å². The normalized spacial score (nSPS) is 22.4. The summed E-state index contributed by atoms with van der Waals surface area (Å²) in [6, 6.07) is 14.5. The van der Waals surface area contributed by atoms with E-state index < -0.39 is 50.2 Å². The second-order valence-corrected chi connectivity index (χ2v) is 9.32. The summed E-state index contributed by atoms with van der Waals surface area (Å²) in [5.74, 6) is 0. The third-order valence-electron chi connectivity index (χ3n) is 5.57. The van der Waals surface area contributed by atoms with Gasteiger partial charge in [-0.2, -0.15) is 0 Å². The van der Waals surface area contributed by atoms with Crippen LogP contribution in [0.3, 0.4) is 0 Å². The average Bonchev–Trinajstić information content (AvgIpc) is 3.09. The van der Waals surface area contributed by atoms with E-state index in [0.29, 0.717) is 12.1 Å². The molecule has 2 aromatic heterocycles. The summed E-state index contributed by atoms with van der Waals surface area (Å²) in [4.78, 5) is 47.5. The Balaban J connectivity index is 1.56. The minimum atomic E-state index is -4.84. The van der Waals surface area contributed by atoms with Crippen molar-refractivity contribution in [2.75, 3.05) is 6.61 Å². The van der Waals surface area contributed by atoms with Crippen LogP contribution in [0.25, 0.3) is 0 Å². The van der Waals surface area contributed by atoms with Crippen LogP contribution >= 0.6 is 7.82 Å². The Morgan fingerprint density at radius 1 is 1.03 bits per heavy atom. The number of phosphoric acid groups is 1. The van der Waals surface area contributed by atoms with Gasteiger partial charge in [0.25, 0.3) is 5.56 Å². The first kappa shape index (κ1) is 25.1. The van der Waals surface area contributed by atoms with E-state index in [2.05, 4.69) is 9.51 Å². The van der Waals surface area contributed by atoms with Crippen molar-refractivity contribution in [2.45, 2.75) is 37.5 Å². The van der Waals surface area contributed by atoms with Gasteiger partial charge in [0.1, 0.15) is 18.3 Å². The van der Waals surface area contributed by atoms with Gasteiger partial charge in [-0.05, 0) is 29.7 Å². The van der Waals surface area contributed by atoms with Gasteiger partial charge in [0.05, 0.1) is 18.8 Å². The standard InChI is InChI=1S/C22H24N3O9P/c26-18-7-9-24(21-20(28)19(27)17(34-21)13-33-35(30,31)32)22(29)25(18)12-16-11-15(6-8-23-16)10-14-4-2-1-3-5-14/h1-9,11,17,19-21,27-28H,10,12-13H2,(H2,30,31,32). The summed E-state index contributed by atoms with van der Waals surface area (Å²) in [5, 5.41) is 20.6. The molecular weight excluding hydrogens is 481 g/mol. The maximum atomic E-state index is 13.1. The van der Waals surface area contributed by atoms with E-state index in [0.717, 1.165) is 32.5 Å². The molecule has 3 heterocycles. The molecule has 1 fully saturated rings. The zero-order valence-electron chi connectivity index (χ0n) is 18.3. The highest BCUT2D eigenvalue weighted by molar-refractivity contribution is 7.46. The molecule has 4 N–H and O–H groups in total. The summed E-state index contributed by atoms with van der Waals surface area (Å²) < 4.78 is 22.6. The number of pyridine rings is 1. The van der Waals surface area contributed by atoms with Crippen molar-refractivity contribution in [3.8, 4) is 0 Å². The van der Waals surface area contributed by atoms with E-state index in [9.17, 15) is 24.4 Å². The maximum absolute atomic E-state index is 13.1. The fraction of sp³-hybridized carbons (Fsp3) is 0.318. The number of aliphatic hydroxyl groups excluding tert-OH is 2. The lowest BCUT2D eigenvalue weighted by Gasteiger charge is -2.18. The van der Waals surface area contributed by atoms with Crippen LogP contribution in [0.4, 0.5) is 0 Å². The van der Waals surface area contributed by atoms with Gasteiger partial charge >= 0.3 is 13.5 Å².